The first-order valence-electron chi connectivity index (χ1n) is 5.81. The number of rotatable bonds is 4. The molecule has 0 aliphatic carbocycles. The first kappa shape index (κ1) is 14.0. The molecule has 2 aromatic rings. The average molecular weight is 328 g/mol. The van der Waals surface area contributed by atoms with E-state index in [0.29, 0.717) is 16.6 Å². The number of hydrogen-bond acceptors (Lipinski definition) is 3. The fourth-order valence-electron chi connectivity index (χ4n) is 1.75. The molecule has 0 saturated heterocycles. The largest absolute Gasteiger partial charge is 0.280 e. The van der Waals surface area contributed by atoms with Crippen molar-refractivity contribution < 1.29 is 8.78 Å². The molecule has 0 atom stereocenters. The maximum atomic E-state index is 13.0. The lowest BCUT2D eigenvalue weighted by Crippen LogP contribution is -2.03. The quantitative estimate of drug-likeness (QED) is 0.798. The molecular formula is C13H12BrF2N3. The van der Waals surface area contributed by atoms with E-state index in [1.54, 1.807) is 6.20 Å². The van der Waals surface area contributed by atoms with Gasteiger partial charge in [0.1, 0.15) is 11.4 Å². The van der Waals surface area contributed by atoms with Crippen LogP contribution >= 0.6 is 15.9 Å². The highest BCUT2D eigenvalue weighted by atomic mass is 79.9. The van der Waals surface area contributed by atoms with Crippen LogP contribution in [0.3, 0.4) is 0 Å². The van der Waals surface area contributed by atoms with Crippen LogP contribution in [0, 0.1) is 0 Å². The van der Waals surface area contributed by atoms with Gasteiger partial charge in [-0.2, -0.15) is 0 Å². The molecule has 0 unspecified atom stereocenters. The zero-order valence-electron chi connectivity index (χ0n) is 10.3. The van der Waals surface area contributed by atoms with E-state index in [1.165, 1.54) is 6.20 Å². The number of hydrogen-bond donors (Lipinski definition) is 0. The maximum absolute atomic E-state index is 13.0. The van der Waals surface area contributed by atoms with Crippen LogP contribution < -0.4 is 0 Å². The van der Waals surface area contributed by atoms with Crippen molar-refractivity contribution in [3.63, 3.8) is 0 Å². The lowest BCUT2D eigenvalue weighted by Gasteiger charge is -2.09. The molecule has 0 saturated carbocycles. The molecular weight excluding hydrogens is 316 g/mol. The SMILES string of the molecule is CCc1cccnc1-c1ncc(CBr)c(C(F)F)n1. The molecule has 0 radical (unpaired) electrons. The standard InChI is InChI=1S/C13H12BrF2N3/c1-2-8-4-3-5-17-11(8)13-18-7-9(6-14)10(19-13)12(15)16/h3-5,7,12H,2,6H2,1H3. The Balaban J connectivity index is 2.54. The minimum atomic E-state index is -2.62. The van der Waals surface area contributed by atoms with Gasteiger partial charge in [0, 0.05) is 23.3 Å². The lowest BCUT2D eigenvalue weighted by atomic mass is 10.1. The molecule has 0 aliphatic heterocycles. The number of aryl methyl sites for hydroxylation is 1. The van der Waals surface area contributed by atoms with Crippen LogP contribution in [0.1, 0.15) is 30.2 Å². The van der Waals surface area contributed by atoms with Crippen molar-refractivity contribution in [2.45, 2.75) is 25.1 Å². The molecule has 0 spiro atoms. The summed E-state index contributed by atoms with van der Waals surface area (Å²) in [5, 5.41) is 0.301. The van der Waals surface area contributed by atoms with Crippen molar-refractivity contribution in [1.29, 1.82) is 0 Å². The van der Waals surface area contributed by atoms with Gasteiger partial charge in [0.2, 0.25) is 0 Å². The van der Waals surface area contributed by atoms with Gasteiger partial charge in [-0.25, -0.2) is 18.7 Å². The Hall–Kier alpha value is -1.43. The first-order valence-corrected chi connectivity index (χ1v) is 6.93. The Labute approximate surface area is 118 Å². The summed E-state index contributed by atoms with van der Waals surface area (Å²) >= 11 is 3.16. The molecule has 2 aromatic heterocycles. The van der Waals surface area contributed by atoms with Crippen LogP contribution in [0.2, 0.25) is 0 Å². The van der Waals surface area contributed by atoms with E-state index in [1.807, 2.05) is 19.1 Å². The van der Waals surface area contributed by atoms with Gasteiger partial charge in [-0.15, -0.1) is 0 Å². The molecule has 0 bridgehead atoms. The van der Waals surface area contributed by atoms with E-state index in [-0.39, 0.29) is 11.5 Å². The lowest BCUT2D eigenvalue weighted by molar-refractivity contribution is 0.145. The number of halogens is 3. The van der Waals surface area contributed by atoms with Crippen LogP contribution in [0.5, 0.6) is 0 Å². The van der Waals surface area contributed by atoms with Crippen LogP contribution in [0.25, 0.3) is 11.5 Å². The first-order chi connectivity index (χ1) is 9.17. The van der Waals surface area contributed by atoms with Crippen LogP contribution in [0.4, 0.5) is 8.78 Å². The van der Waals surface area contributed by atoms with E-state index in [2.05, 4.69) is 30.9 Å². The summed E-state index contributed by atoms with van der Waals surface area (Å²) in [6.07, 6.45) is 1.16. The molecule has 2 rings (SSSR count). The van der Waals surface area contributed by atoms with Gasteiger partial charge in [-0.3, -0.25) is 4.98 Å². The Morgan fingerprint density at radius 2 is 2.05 bits per heavy atom. The van der Waals surface area contributed by atoms with Crippen LogP contribution in [-0.2, 0) is 11.8 Å². The van der Waals surface area contributed by atoms with Crippen LogP contribution in [-0.4, -0.2) is 15.0 Å². The topological polar surface area (TPSA) is 38.7 Å². The van der Waals surface area contributed by atoms with Crippen molar-refractivity contribution >= 4 is 15.9 Å². The van der Waals surface area contributed by atoms with Gasteiger partial charge in [-0.05, 0) is 18.1 Å². The summed E-state index contributed by atoms with van der Waals surface area (Å²) in [4.78, 5) is 12.3. The zero-order chi connectivity index (χ0) is 13.8. The number of nitrogens with zero attached hydrogens (tertiary/aromatic N) is 3. The molecule has 0 N–H and O–H groups in total. The Bertz CT molecular complexity index is 576. The van der Waals surface area contributed by atoms with Gasteiger partial charge < -0.3 is 0 Å². The minimum absolute atomic E-state index is 0.241. The highest BCUT2D eigenvalue weighted by molar-refractivity contribution is 9.08. The average Bonchev–Trinajstić information content (AvgIpc) is 2.46. The van der Waals surface area contributed by atoms with Gasteiger partial charge in [-0.1, -0.05) is 28.9 Å². The number of pyridine rings is 1. The Morgan fingerprint density at radius 1 is 1.26 bits per heavy atom. The third kappa shape index (κ3) is 2.94. The predicted molar refractivity (Wildman–Crippen MR) is 72.2 cm³/mol. The normalized spacial score (nSPS) is 11.0. The molecule has 100 valence electrons. The Morgan fingerprint density at radius 3 is 2.68 bits per heavy atom. The van der Waals surface area contributed by atoms with Crippen LogP contribution in [0.15, 0.2) is 24.5 Å². The predicted octanol–water partition coefficient (Wildman–Crippen LogP) is 3.93. The zero-order valence-corrected chi connectivity index (χ0v) is 11.9. The van der Waals surface area contributed by atoms with Crippen molar-refractivity contribution in [2.75, 3.05) is 0 Å². The van der Waals surface area contributed by atoms with E-state index in [4.69, 9.17) is 0 Å². The summed E-state index contributed by atoms with van der Waals surface area (Å²) in [5.74, 6) is 0.248. The molecule has 0 fully saturated rings. The highest BCUT2D eigenvalue weighted by Crippen LogP contribution is 2.25. The fourth-order valence-corrected chi connectivity index (χ4v) is 2.18. The maximum Gasteiger partial charge on any atom is 0.280 e. The molecule has 3 nitrogen and oxygen atoms in total. The van der Waals surface area contributed by atoms with Gasteiger partial charge in [0.05, 0.1) is 0 Å². The van der Waals surface area contributed by atoms with Crippen molar-refractivity contribution in [2.24, 2.45) is 0 Å². The van der Waals surface area contributed by atoms with Crippen molar-refractivity contribution in [3.8, 4) is 11.5 Å². The van der Waals surface area contributed by atoms with Gasteiger partial charge in [0.25, 0.3) is 6.43 Å². The van der Waals surface area contributed by atoms with Gasteiger partial charge >= 0.3 is 0 Å². The summed E-state index contributed by atoms with van der Waals surface area (Å²) < 4.78 is 25.9. The monoisotopic (exact) mass is 327 g/mol. The third-order valence-electron chi connectivity index (χ3n) is 2.73. The number of aromatic nitrogens is 3. The van der Waals surface area contributed by atoms with Crippen molar-refractivity contribution in [1.82, 2.24) is 15.0 Å². The minimum Gasteiger partial charge on any atom is -0.253 e. The molecule has 0 aliphatic rings. The second-order valence-electron chi connectivity index (χ2n) is 3.90. The summed E-state index contributed by atoms with van der Waals surface area (Å²) in [7, 11) is 0. The smallest absolute Gasteiger partial charge is 0.253 e. The number of alkyl halides is 3. The molecule has 0 aromatic carbocycles. The van der Waals surface area contributed by atoms with E-state index < -0.39 is 6.43 Å². The van der Waals surface area contributed by atoms with E-state index in [0.717, 1.165) is 12.0 Å². The third-order valence-corrected chi connectivity index (χ3v) is 3.34. The Kier molecular flexibility index (Phi) is 4.52. The summed E-state index contributed by atoms with van der Waals surface area (Å²) in [5.41, 5.74) is 1.66. The molecule has 6 heteroatoms. The summed E-state index contributed by atoms with van der Waals surface area (Å²) in [6.45, 7) is 1.97. The van der Waals surface area contributed by atoms with Gasteiger partial charge in [0.15, 0.2) is 5.82 Å². The molecule has 19 heavy (non-hydrogen) atoms. The van der Waals surface area contributed by atoms with E-state index in [9.17, 15) is 8.78 Å². The second kappa shape index (κ2) is 6.14. The summed E-state index contributed by atoms with van der Waals surface area (Å²) in [6, 6.07) is 3.70. The molecule has 2 heterocycles. The molecule has 0 amide bonds. The van der Waals surface area contributed by atoms with E-state index >= 15 is 0 Å². The highest BCUT2D eigenvalue weighted by Gasteiger charge is 2.18. The second-order valence-corrected chi connectivity index (χ2v) is 4.46. The van der Waals surface area contributed by atoms with Crippen molar-refractivity contribution in [3.05, 3.63) is 41.3 Å². The fraction of sp³-hybridized carbons (Fsp3) is 0.308.